The predicted octanol–water partition coefficient (Wildman–Crippen LogP) is 5.79. The zero-order valence-electron chi connectivity index (χ0n) is 17.7. The van der Waals surface area contributed by atoms with Crippen LogP contribution in [0.1, 0.15) is 63.2 Å². The number of nitrogens with one attached hydrogen (secondary N) is 1. The van der Waals surface area contributed by atoms with Crippen LogP contribution in [0.3, 0.4) is 0 Å². The second-order valence-corrected chi connectivity index (χ2v) is 9.36. The van der Waals surface area contributed by atoms with E-state index in [1.807, 2.05) is 24.4 Å². The summed E-state index contributed by atoms with van der Waals surface area (Å²) >= 11 is 0. The Hall–Kier alpha value is -2.76. The third-order valence-corrected chi connectivity index (χ3v) is 7.06. The molecule has 3 aliphatic rings. The minimum Gasteiger partial charge on any atom is -0.351 e. The van der Waals surface area contributed by atoms with E-state index in [9.17, 15) is 4.39 Å². The van der Waals surface area contributed by atoms with Crippen LogP contribution >= 0.6 is 0 Å². The van der Waals surface area contributed by atoms with E-state index in [4.69, 9.17) is 9.97 Å². The van der Waals surface area contributed by atoms with Gasteiger partial charge < -0.3 is 9.88 Å². The molecule has 2 saturated carbocycles. The first-order valence-corrected chi connectivity index (χ1v) is 11.7. The highest BCUT2D eigenvalue weighted by Crippen LogP contribution is 2.43. The molecule has 2 aromatic heterocycles. The molecular formula is C25H28FN5. The molecule has 31 heavy (non-hydrogen) atoms. The summed E-state index contributed by atoms with van der Waals surface area (Å²) in [7, 11) is 0. The molecular weight excluding hydrogens is 389 g/mol. The predicted molar refractivity (Wildman–Crippen MR) is 119 cm³/mol. The average Bonchev–Trinajstić information content (AvgIpc) is 3.15. The number of anilines is 1. The van der Waals surface area contributed by atoms with E-state index in [2.05, 4.69) is 14.9 Å². The molecule has 5 nitrogen and oxygen atoms in total. The SMILES string of the molecule is Fc1ccc(-c2nc3n(c2-c2ccnc(NC4CC4)n2)C(CC2CCCC2)CC3)cc1. The van der Waals surface area contributed by atoms with Gasteiger partial charge in [0.2, 0.25) is 5.95 Å². The lowest BCUT2D eigenvalue weighted by atomic mass is 9.96. The zero-order chi connectivity index (χ0) is 20.8. The van der Waals surface area contributed by atoms with Crippen LogP contribution in [0.25, 0.3) is 22.6 Å². The summed E-state index contributed by atoms with van der Waals surface area (Å²) in [6, 6.07) is 9.63. The van der Waals surface area contributed by atoms with Crippen LogP contribution in [-0.2, 0) is 6.42 Å². The summed E-state index contributed by atoms with van der Waals surface area (Å²) in [6.45, 7) is 0. The van der Waals surface area contributed by atoms with Gasteiger partial charge in [-0.15, -0.1) is 0 Å². The number of rotatable bonds is 6. The first-order chi connectivity index (χ1) is 15.2. The summed E-state index contributed by atoms with van der Waals surface area (Å²) in [6.07, 6.45) is 13.0. The Balaban J connectivity index is 1.44. The largest absolute Gasteiger partial charge is 0.351 e. The van der Waals surface area contributed by atoms with Crippen molar-refractivity contribution in [3.63, 3.8) is 0 Å². The van der Waals surface area contributed by atoms with Crippen molar-refractivity contribution in [2.45, 2.75) is 69.9 Å². The Morgan fingerprint density at radius 3 is 2.55 bits per heavy atom. The van der Waals surface area contributed by atoms with E-state index >= 15 is 0 Å². The summed E-state index contributed by atoms with van der Waals surface area (Å²) in [5.74, 6) is 2.41. The Labute approximate surface area is 182 Å². The number of halogens is 1. The Kier molecular flexibility index (Phi) is 4.73. The van der Waals surface area contributed by atoms with E-state index in [0.717, 1.165) is 47.2 Å². The molecule has 1 atom stereocenters. The Morgan fingerprint density at radius 2 is 1.77 bits per heavy atom. The van der Waals surface area contributed by atoms with Gasteiger partial charge in [-0.3, -0.25) is 0 Å². The first-order valence-electron chi connectivity index (χ1n) is 11.7. The lowest BCUT2D eigenvalue weighted by Crippen LogP contribution is -2.11. The molecule has 0 saturated heterocycles. The molecule has 2 fully saturated rings. The van der Waals surface area contributed by atoms with Crippen molar-refractivity contribution in [1.29, 1.82) is 0 Å². The molecule has 6 heteroatoms. The fourth-order valence-electron chi connectivity index (χ4n) is 5.35. The molecule has 0 spiro atoms. The summed E-state index contributed by atoms with van der Waals surface area (Å²) in [5, 5.41) is 3.42. The molecule has 3 aromatic rings. The lowest BCUT2D eigenvalue weighted by Gasteiger charge is -2.20. The molecule has 3 heterocycles. The highest BCUT2D eigenvalue weighted by atomic mass is 19.1. The molecule has 1 N–H and O–H groups in total. The van der Waals surface area contributed by atoms with Crippen LogP contribution < -0.4 is 5.32 Å². The number of benzene rings is 1. The number of aromatic nitrogens is 4. The van der Waals surface area contributed by atoms with Crippen LogP contribution in [0.15, 0.2) is 36.5 Å². The van der Waals surface area contributed by atoms with Crippen molar-refractivity contribution >= 4 is 5.95 Å². The van der Waals surface area contributed by atoms with Gasteiger partial charge in [-0.2, -0.15) is 0 Å². The molecule has 0 bridgehead atoms. The van der Waals surface area contributed by atoms with Crippen molar-refractivity contribution in [3.8, 4) is 22.6 Å². The maximum atomic E-state index is 13.6. The number of nitrogens with zero attached hydrogens (tertiary/aromatic N) is 4. The molecule has 160 valence electrons. The quantitative estimate of drug-likeness (QED) is 0.552. The van der Waals surface area contributed by atoms with Gasteiger partial charge in [0.25, 0.3) is 0 Å². The fraction of sp³-hybridized carbons (Fsp3) is 0.480. The number of hydrogen-bond donors (Lipinski definition) is 1. The monoisotopic (exact) mass is 417 g/mol. The van der Waals surface area contributed by atoms with Gasteiger partial charge in [-0.25, -0.2) is 19.3 Å². The maximum Gasteiger partial charge on any atom is 0.223 e. The minimum absolute atomic E-state index is 0.228. The third-order valence-electron chi connectivity index (χ3n) is 7.06. The zero-order valence-corrected chi connectivity index (χ0v) is 17.7. The highest BCUT2D eigenvalue weighted by Gasteiger charge is 2.33. The minimum atomic E-state index is -0.228. The van der Waals surface area contributed by atoms with E-state index in [1.165, 1.54) is 57.1 Å². The van der Waals surface area contributed by atoms with Crippen LogP contribution in [0, 0.1) is 11.7 Å². The summed E-state index contributed by atoms with van der Waals surface area (Å²) in [4.78, 5) is 14.4. The topological polar surface area (TPSA) is 55.6 Å². The second-order valence-electron chi connectivity index (χ2n) is 9.36. The smallest absolute Gasteiger partial charge is 0.223 e. The highest BCUT2D eigenvalue weighted by molar-refractivity contribution is 5.78. The maximum absolute atomic E-state index is 13.6. The van der Waals surface area contributed by atoms with Crippen molar-refractivity contribution in [1.82, 2.24) is 19.5 Å². The average molecular weight is 418 g/mol. The normalized spacial score (nSPS) is 20.9. The van der Waals surface area contributed by atoms with Crippen molar-refractivity contribution in [2.75, 3.05) is 5.32 Å². The number of aryl methyl sites for hydroxylation is 1. The van der Waals surface area contributed by atoms with Gasteiger partial charge in [0.1, 0.15) is 11.6 Å². The molecule has 0 radical (unpaired) electrons. The van der Waals surface area contributed by atoms with E-state index in [-0.39, 0.29) is 5.82 Å². The molecule has 6 rings (SSSR count). The van der Waals surface area contributed by atoms with Gasteiger partial charge in [0, 0.05) is 30.3 Å². The number of hydrogen-bond acceptors (Lipinski definition) is 4. The van der Waals surface area contributed by atoms with Crippen molar-refractivity contribution in [2.24, 2.45) is 5.92 Å². The lowest BCUT2D eigenvalue weighted by molar-refractivity contribution is 0.382. The van der Waals surface area contributed by atoms with Gasteiger partial charge in [0.15, 0.2) is 0 Å². The van der Waals surface area contributed by atoms with Crippen molar-refractivity contribution < 1.29 is 4.39 Å². The van der Waals surface area contributed by atoms with E-state index in [0.29, 0.717) is 18.0 Å². The molecule has 0 amide bonds. The number of fused-ring (bicyclic) bond motifs is 1. The standard InChI is InChI=1S/C25H28FN5/c26-18-7-5-17(6-8-18)23-24(21-13-14-27-25(29-21)28-19-9-10-19)31-20(11-12-22(31)30-23)15-16-3-1-2-4-16/h5-8,13-14,16,19-20H,1-4,9-12,15H2,(H,27,28,29). The molecule has 1 aromatic carbocycles. The molecule has 1 unspecified atom stereocenters. The summed E-state index contributed by atoms with van der Waals surface area (Å²) < 4.78 is 16.0. The Bertz CT molecular complexity index is 1080. The van der Waals surface area contributed by atoms with Crippen LogP contribution in [0.4, 0.5) is 10.3 Å². The summed E-state index contributed by atoms with van der Waals surface area (Å²) in [5.41, 5.74) is 3.80. The molecule has 1 aliphatic heterocycles. The van der Waals surface area contributed by atoms with Crippen LogP contribution in [0.5, 0.6) is 0 Å². The van der Waals surface area contributed by atoms with E-state index < -0.39 is 0 Å². The van der Waals surface area contributed by atoms with Gasteiger partial charge in [0.05, 0.1) is 17.1 Å². The van der Waals surface area contributed by atoms with Crippen molar-refractivity contribution in [3.05, 3.63) is 48.2 Å². The molecule has 2 aliphatic carbocycles. The number of imidazole rings is 1. The van der Waals surface area contributed by atoms with Gasteiger partial charge in [-0.05, 0) is 61.9 Å². The third kappa shape index (κ3) is 3.73. The van der Waals surface area contributed by atoms with E-state index in [1.54, 1.807) is 0 Å². The first kappa shape index (κ1) is 19.0. The van der Waals surface area contributed by atoms with Gasteiger partial charge in [-0.1, -0.05) is 25.7 Å². The van der Waals surface area contributed by atoms with Crippen LogP contribution in [-0.4, -0.2) is 25.6 Å². The fourth-order valence-corrected chi connectivity index (χ4v) is 5.35. The second kappa shape index (κ2) is 7.74. The Morgan fingerprint density at radius 1 is 0.968 bits per heavy atom. The van der Waals surface area contributed by atoms with Crippen LogP contribution in [0.2, 0.25) is 0 Å². The van der Waals surface area contributed by atoms with Gasteiger partial charge >= 0.3 is 0 Å².